The van der Waals surface area contributed by atoms with Crippen molar-refractivity contribution >= 4 is 18.7 Å². The van der Waals surface area contributed by atoms with Crippen molar-refractivity contribution in [3.05, 3.63) is 72.1 Å². The van der Waals surface area contributed by atoms with Gasteiger partial charge in [0.15, 0.2) is 5.79 Å². The van der Waals surface area contributed by atoms with Crippen LogP contribution in [0.3, 0.4) is 0 Å². The van der Waals surface area contributed by atoms with Gasteiger partial charge in [-0.1, -0.05) is 87.9 Å². The predicted molar refractivity (Wildman–Crippen MR) is 140 cm³/mol. The minimum Gasteiger partial charge on any atom is -0.424 e. The van der Waals surface area contributed by atoms with Crippen LogP contribution in [0, 0.1) is 5.92 Å². The highest BCUT2D eigenvalue weighted by molar-refractivity contribution is 6.98. The van der Waals surface area contributed by atoms with Crippen LogP contribution in [0.25, 0.3) is 0 Å². The summed E-state index contributed by atoms with van der Waals surface area (Å²) < 4.78 is 34.3. The highest BCUT2D eigenvalue weighted by Crippen LogP contribution is 2.52. The average Bonchev–Trinajstić information content (AvgIpc) is 3.27. The van der Waals surface area contributed by atoms with Gasteiger partial charge >= 0.3 is 0 Å². The lowest BCUT2D eigenvalue weighted by Gasteiger charge is -2.43. The van der Waals surface area contributed by atoms with E-state index in [1.807, 2.05) is 74.5 Å². The molecule has 4 nitrogen and oxygen atoms in total. The number of fused-ring (bicyclic) bond motifs is 1. The summed E-state index contributed by atoms with van der Waals surface area (Å²) in [6.45, 7) is 10.8. The Morgan fingerprint density at radius 1 is 1.00 bits per heavy atom. The third kappa shape index (κ3) is 5.05. The molecule has 4 rings (SSSR count). The first-order valence-electron chi connectivity index (χ1n) is 12.8. The zero-order valence-corrected chi connectivity index (χ0v) is 22.6. The van der Waals surface area contributed by atoms with E-state index in [4.69, 9.17) is 14.2 Å². The molecule has 0 amide bonds. The molecule has 1 aliphatic heterocycles. The first kappa shape index (κ1) is 26.2. The average molecular weight is 499 g/mol. The Hall–Kier alpha value is -1.83. The summed E-state index contributed by atoms with van der Waals surface area (Å²) in [5.41, 5.74) is 0.558. The van der Waals surface area contributed by atoms with E-state index in [-0.39, 0.29) is 12.4 Å². The number of halogens is 1. The number of benzene rings is 2. The van der Waals surface area contributed by atoms with Crippen molar-refractivity contribution in [2.75, 3.05) is 13.2 Å². The molecule has 3 atom stereocenters. The first-order chi connectivity index (χ1) is 16.6. The van der Waals surface area contributed by atoms with Gasteiger partial charge < -0.3 is 19.0 Å². The van der Waals surface area contributed by atoms with Gasteiger partial charge in [0.2, 0.25) is 0 Å². The largest absolute Gasteiger partial charge is 0.424 e. The molecule has 2 aromatic carbocycles. The molecule has 0 spiro atoms. The van der Waals surface area contributed by atoms with E-state index in [1.165, 1.54) is 0 Å². The fourth-order valence-electron chi connectivity index (χ4n) is 5.66. The van der Waals surface area contributed by atoms with Crippen LogP contribution in [-0.4, -0.2) is 44.3 Å². The molecule has 1 aliphatic carbocycles. The van der Waals surface area contributed by atoms with Crippen molar-refractivity contribution in [3.63, 3.8) is 0 Å². The van der Waals surface area contributed by atoms with E-state index in [0.29, 0.717) is 18.6 Å². The number of rotatable bonds is 10. The topological polar surface area (TPSA) is 47.9 Å². The third-order valence-corrected chi connectivity index (χ3v) is 12.0. The number of unbranched alkanes of at least 4 members (excludes halogenated alkanes) is 1. The van der Waals surface area contributed by atoms with Crippen molar-refractivity contribution in [2.24, 2.45) is 5.92 Å². The molecule has 1 heterocycles. The summed E-state index contributed by atoms with van der Waals surface area (Å²) in [6, 6.07) is 19.7. The second-order valence-corrected chi connectivity index (χ2v) is 14.9. The van der Waals surface area contributed by atoms with Crippen molar-refractivity contribution in [1.29, 1.82) is 0 Å². The van der Waals surface area contributed by atoms with E-state index in [0.717, 1.165) is 23.2 Å². The zero-order chi connectivity index (χ0) is 25.3. The van der Waals surface area contributed by atoms with E-state index >= 15 is 4.39 Å². The van der Waals surface area contributed by atoms with Crippen LogP contribution in [0.5, 0.6) is 0 Å². The highest BCUT2D eigenvalue weighted by Gasteiger charge is 2.58. The maximum Gasteiger partial charge on any atom is 0.258 e. The van der Waals surface area contributed by atoms with Crippen molar-refractivity contribution < 1.29 is 23.4 Å². The van der Waals surface area contributed by atoms with Crippen LogP contribution in [-0.2, 0) is 14.2 Å². The SMILES string of the molecule is CCCCOCC1=C(F)[C@H](CC(C)(C)[Si](O)(c2ccccc2)c2ccccc2)[C@@H]2OC(C)(C)O[C@H]12. The molecule has 1 saturated heterocycles. The highest BCUT2D eigenvalue weighted by atomic mass is 28.4. The fourth-order valence-corrected chi connectivity index (χ4v) is 9.42. The second-order valence-electron chi connectivity index (χ2n) is 10.9. The Morgan fingerprint density at radius 3 is 2.11 bits per heavy atom. The summed E-state index contributed by atoms with van der Waals surface area (Å²) in [7, 11) is -3.28. The van der Waals surface area contributed by atoms with Gasteiger partial charge in [0.05, 0.1) is 6.61 Å². The monoisotopic (exact) mass is 498 g/mol. The van der Waals surface area contributed by atoms with Crippen molar-refractivity contribution in [1.82, 2.24) is 0 Å². The zero-order valence-electron chi connectivity index (χ0n) is 21.6. The lowest BCUT2D eigenvalue weighted by atomic mass is 9.92. The molecular formula is C29H39FO4Si. The molecule has 0 bridgehead atoms. The van der Waals surface area contributed by atoms with Gasteiger partial charge in [0, 0.05) is 18.1 Å². The Bertz CT molecular complexity index is 982. The van der Waals surface area contributed by atoms with Crippen molar-refractivity contribution in [2.45, 2.75) is 76.9 Å². The summed E-state index contributed by atoms with van der Waals surface area (Å²) in [5, 5.41) is 1.24. The molecule has 2 aromatic rings. The standard InChI is InChI=1S/C29H39FO4Si/c1-6-7-18-32-20-24-25(30)23(26-27(24)34-29(4,5)33-26)19-28(2,3)35(31,21-14-10-8-11-15-21)22-16-12-9-13-17-22/h8-17,23,26-27,31H,6-7,18-20H2,1-5H3/t23-,26-,27+/m0/s1. The number of ether oxygens (including phenoxy) is 3. The molecule has 1 N–H and O–H groups in total. The number of hydrogen-bond donors (Lipinski definition) is 1. The Morgan fingerprint density at radius 2 is 1.57 bits per heavy atom. The van der Waals surface area contributed by atoms with Gasteiger partial charge in [-0.05, 0) is 42.1 Å². The molecule has 35 heavy (non-hydrogen) atoms. The molecule has 0 saturated carbocycles. The van der Waals surface area contributed by atoms with Gasteiger partial charge in [-0.15, -0.1) is 0 Å². The minimum atomic E-state index is -3.28. The summed E-state index contributed by atoms with van der Waals surface area (Å²) in [4.78, 5) is 12.5. The Balaban J connectivity index is 1.69. The molecule has 0 radical (unpaired) electrons. The second kappa shape index (κ2) is 10.3. The summed E-state index contributed by atoms with van der Waals surface area (Å²) in [6.07, 6.45) is 1.51. The van der Waals surface area contributed by atoms with Crippen LogP contribution < -0.4 is 10.4 Å². The van der Waals surface area contributed by atoms with E-state index in [2.05, 4.69) is 20.8 Å². The first-order valence-corrected chi connectivity index (χ1v) is 14.7. The fraction of sp³-hybridized carbons (Fsp3) is 0.517. The Kier molecular flexibility index (Phi) is 7.70. The lowest BCUT2D eigenvalue weighted by Crippen LogP contribution is -2.65. The normalized spacial score (nSPS) is 24.1. The molecule has 0 aromatic heterocycles. The van der Waals surface area contributed by atoms with Gasteiger partial charge in [-0.3, -0.25) is 0 Å². The maximum atomic E-state index is 16.0. The molecule has 190 valence electrons. The smallest absolute Gasteiger partial charge is 0.258 e. The van der Waals surface area contributed by atoms with Crippen LogP contribution in [0.4, 0.5) is 4.39 Å². The van der Waals surface area contributed by atoms with Crippen LogP contribution in [0.2, 0.25) is 5.04 Å². The summed E-state index contributed by atoms with van der Waals surface area (Å²) in [5.74, 6) is -1.50. The van der Waals surface area contributed by atoms with E-state index in [1.54, 1.807) is 0 Å². The molecular weight excluding hydrogens is 459 g/mol. The van der Waals surface area contributed by atoms with E-state index < -0.39 is 37.3 Å². The molecule has 0 unspecified atom stereocenters. The van der Waals surface area contributed by atoms with Gasteiger partial charge in [-0.25, -0.2) is 4.39 Å². The molecule has 2 aliphatic rings. The minimum absolute atomic E-state index is 0.197. The van der Waals surface area contributed by atoms with Crippen LogP contribution in [0.1, 0.15) is 53.9 Å². The van der Waals surface area contributed by atoms with Crippen molar-refractivity contribution in [3.8, 4) is 0 Å². The third-order valence-electron chi connectivity index (χ3n) is 7.49. The maximum absolute atomic E-state index is 16.0. The molecule has 1 fully saturated rings. The Labute approximate surface area is 210 Å². The van der Waals surface area contributed by atoms with E-state index in [9.17, 15) is 4.80 Å². The lowest BCUT2D eigenvalue weighted by molar-refractivity contribution is -0.151. The van der Waals surface area contributed by atoms with Gasteiger partial charge in [0.1, 0.15) is 18.0 Å². The predicted octanol–water partition coefficient (Wildman–Crippen LogP) is 5.10. The summed E-state index contributed by atoms with van der Waals surface area (Å²) >= 11 is 0. The quantitative estimate of drug-likeness (QED) is 0.366. The van der Waals surface area contributed by atoms with Gasteiger partial charge in [0.25, 0.3) is 8.32 Å². The van der Waals surface area contributed by atoms with Crippen LogP contribution in [0.15, 0.2) is 72.1 Å². The van der Waals surface area contributed by atoms with Crippen LogP contribution >= 0.6 is 0 Å². The molecule has 6 heteroatoms. The van der Waals surface area contributed by atoms with Gasteiger partial charge in [-0.2, -0.15) is 0 Å². The number of hydrogen-bond acceptors (Lipinski definition) is 4.